The molecule has 1 fully saturated rings. The molecule has 0 bridgehead atoms. The molecule has 8 heteroatoms. The van der Waals surface area contributed by atoms with Gasteiger partial charge < -0.3 is 15.4 Å². The molecule has 0 aromatic carbocycles. The maximum absolute atomic E-state index is 10.7. The summed E-state index contributed by atoms with van der Waals surface area (Å²) in [4.78, 5) is 17.7. The van der Waals surface area contributed by atoms with E-state index >= 15 is 0 Å². The molecule has 26 heavy (non-hydrogen) atoms. The third-order valence-corrected chi connectivity index (χ3v) is 4.84. The molecule has 0 saturated carbocycles. The highest BCUT2D eigenvalue weighted by Crippen LogP contribution is 2.26. The molecule has 8 nitrogen and oxygen atoms in total. The number of nitrogens with one attached hydrogen (secondary N) is 1. The van der Waals surface area contributed by atoms with Crippen molar-refractivity contribution >= 4 is 17.9 Å². The predicted octanol–water partition coefficient (Wildman–Crippen LogP) is 2.03. The molecule has 3 N–H and O–H groups in total. The van der Waals surface area contributed by atoms with Crippen LogP contribution in [0.4, 0.5) is 11.6 Å². The van der Waals surface area contributed by atoms with Gasteiger partial charge in [0.05, 0.1) is 12.4 Å². The number of nitrogen functional groups attached to an aromatic ring is 1. The third kappa shape index (κ3) is 4.01. The number of piperidine rings is 1. The smallest absolute Gasteiger partial charge is 0.135 e. The first-order chi connectivity index (χ1) is 12.6. The van der Waals surface area contributed by atoms with Crippen molar-refractivity contribution in [3.63, 3.8) is 0 Å². The number of hydrogen-bond acceptors (Lipinski definition) is 6. The Balaban J connectivity index is 1.97. The molecule has 1 aliphatic rings. The highest BCUT2D eigenvalue weighted by atomic mass is 16.1. The quantitative estimate of drug-likeness (QED) is 0.813. The summed E-state index contributed by atoms with van der Waals surface area (Å²) in [5.41, 5.74) is 8.78. The minimum absolute atomic E-state index is 0.463. The second kappa shape index (κ2) is 7.99. The van der Waals surface area contributed by atoms with Gasteiger partial charge in [-0.1, -0.05) is 0 Å². The lowest BCUT2D eigenvalue weighted by molar-refractivity contribution is -0.108. The topological polar surface area (TPSA) is 106 Å². The van der Waals surface area contributed by atoms with Crippen LogP contribution in [0.5, 0.6) is 0 Å². The second-order valence-corrected chi connectivity index (χ2v) is 6.68. The summed E-state index contributed by atoms with van der Waals surface area (Å²) in [6.07, 6.45) is 10.8. The van der Waals surface area contributed by atoms with E-state index in [9.17, 15) is 4.79 Å². The van der Waals surface area contributed by atoms with Crippen LogP contribution in [-0.2, 0) is 11.8 Å². The van der Waals surface area contributed by atoms with E-state index in [-0.39, 0.29) is 0 Å². The fraction of sp³-hybridized carbons (Fsp3) is 0.444. The van der Waals surface area contributed by atoms with Crippen molar-refractivity contribution in [2.45, 2.75) is 26.2 Å². The van der Waals surface area contributed by atoms with E-state index < -0.39 is 0 Å². The van der Waals surface area contributed by atoms with Gasteiger partial charge in [-0.05, 0) is 25.7 Å². The number of aldehydes is 1. The van der Waals surface area contributed by atoms with E-state index in [4.69, 9.17) is 10.7 Å². The Bertz CT molecular complexity index is 817. The Morgan fingerprint density at radius 2 is 2.04 bits per heavy atom. The van der Waals surface area contributed by atoms with E-state index in [0.717, 1.165) is 54.7 Å². The number of carbonyl (C=O) groups excluding carboxylic acids is 1. The predicted molar refractivity (Wildman–Crippen MR) is 101 cm³/mol. The number of carbonyl (C=O) groups is 1. The summed E-state index contributed by atoms with van der Waals surface area (Å²) in [6, 6.07) is 0. The van der Waals surface area contributed by atoms with Gasteiger partial charge in [0.15, 0.2) is 0 Å². The van der Waals surface area contributed by atoms with Gasteiger partial charge in [0.1, 0.15) is 17.9 Å². The van der Waals surface area contributed by atoms with Crippen LogP contribution in [-0.4, -0.2) is 44.3 Å². The largest absolute Gasteiger partial charge is 0.384 e. The average molecular weight is 355 g/mol. The summed E-state index contributed by atoms with van der Waals surface area (Å²) in [7, 11) is 1.87. The van der Waals surface area contributed by atoms with Crippen LogP contribution in [0.3, 0.4) is 0 Å². The SMILES string of the molecule is Cc1c(N2CCC(CC=O)CC2)ncc(-c2cnn(C)c2)cn[nH]c1N. The van der Waals surface area contributed by atoms with Gasteiger partial charge >= 0.3 is 0 Å². The van der Waals surface area contributed by atoms with E-state index in [1.165, 1.54) is 0 Å². The fourth-order valence-electron chi connectivity index (χ4n) is 3.19. The minimum Gasteiger partial charge on any atom is -0.384 e. The number of rotatable bonds is 4. The number of aryl methyl sites for hydroxylation is 1. The lowest BCUT2D eigenvalue weighted by Gasteiger charge is -2.32. The van der Waals surface area contributed by atoms with Crippen molar-refractivity contribution in [1.29, 1.82) is 0 Å². The number of anilines is 2. The van der Waals surface area contributed by atoms with Gasteiger partial charge in [-0.3, -0.25) is 9.78 Å². The highest BCUT2D eigenvalue weighted by molar-refractivity contribution is 5.60. The molecule has 0 radical (unpaired) electrons. The van der Waals surface area contributed by atoms with Crippen LogP contribution < -0.4 is 10.6 Å². The molecule has 0 atom stereocenters. The number of nitrogens with zero attached hydrogens (tertiary/aromatic N) is 5. The normalized spacial score (nSPS) is 14.9. The number of aromatic amines is 1. The first-order valence-electron chi connectivity index (χ1n) is 8.80. The van der Waals surface area contributed by atoms with Gasteiger partial charge in [-0.15, -0.1) is 0 Å². The first kappa shape index (κ1) is 17.9. The van der Waals surface area contributed by atoms with Crippen LogP contribution in [0, 0.1) is 12.8 Å². The Hall–Kier alpha value is -2.90. The molecule has 3 rings (SSSR count). The van der Waals surface area contributed by atoms with Crippen molar-refractivity contribution < 1.29 is 4.79 Å². The summed E-state index contributed by atoms with van der Waals surface area (Å²) in [5, 5.41) is 11.3. The summed E-state index contributed by atoms with van der Waals surface area (Å²) in [6.45, 7) is 3.66. The van der Waals surface area contributed by atoms with E-state index in [1.807, 2.05) is 20.2 Å². The van der Waals surface area contributed by atoms with Crippen LogP contribution >= 0.6 is 0 Å². The van der Waals surface area contributed by atoms with Crippen LogP contribution in [0.2, 0.25) is 0 Å². The zero-order valence-corrected chi connectivity index (χ0v) is 15.2. The molecule has 0 spiro atoms. The van der Waals surface area contributed by atoms with Crippen LogP contribution in [0.1, 0.15) is 24.8 Å². The molecule has 0 aliphatic carbocycles. The summed E-state index contributed by atoms with van der Waals surface area (Å²) >= 11 is 0. The zero-order chi connectivity index (χ0) is 18.5. The number of H-pyrrole nitrogens is 1. The molecule has 1 saturated heterocycles. The molecule has 138 valence electrons. The van der Waals surface area contributed by atoms with E-state index in [0.29, 0.717) is 18.2 Å². The van der Waals surface area contributed by atoms with Crippen molar-refractivity contribution in [3.05, 3.63) is 30.4 Å². The molecule has 2 aromatic heterocycles. The van der Waals surface area contributed by atoms with Gasteiger partial charge in [0, 0.05) is 55.6 Å². The number of nitrogens with two attached hydrogens (primary N) is 1. The number of aromatic nitrogens is 5. The zero-order valence-electron chi connectivity index (χ0n) is 15.2. The summed E-state index contributed by atoms with van der Waals surface area (Å²) in [5.74, 6) is 1.78. The second-order valence-electron chi connectivity index (χ2n) is 6.68. The Morgan fingerprint density at radius 1 is 1.27 bits per heavy atom. The molecule has 0 unspecified atom stereocenters. The minimum atomic E-state index is 0.463. The molecule has 1 aliphatic heterocycles. The molecule has 3 heterocycles. The molecular weight excluding hydrogens is 330 g/mol. The van der Waals surface area contributed by atoms with Gasteiger partial charge in [0.2, 0.25) is 0 Å². The fourth-order valence-corrected chi connectivity index (χ4v) is 3.19. The Labute approximate surface area is 152 Å². The average Bonchev–Trinajstić information content (AvgIpc) is 3.09. The Morgan fingerprint density at radius 3 is 2.69 bits per heavy atom. The standard InChI is InChI=1S/C18H25N7O/c1-13-17(19)23-21-10-15(16-11-22-24(2)12-16)9-20-18(13)25-6-3-14(4-7-25)5-8-26/h8-12,14,23H,3-7,19H2,1-2H3. The van der Waals surface area contributed by atoms with Crippen LogP contribution in [0.25, 0.3) is 11.1 Å². The van der Waals surface area contributed by atoms with Crippen molar-refractivity contribution in [2.24, 2.45) is 13.0 Å². The first-order valence-corrected chi connectivity index (χ1v) is 8.80. The number of hydrogen-bond donors (Lipinski definition) is 2. The van der Waals surface area contributed by atoms with Crippen LogP contribution in [0.15, 0.2) is 24.8 Å². The lowest BCUT2D eigenvalue weighted by atomic mass is 9.94. The van der Waals surface area contributed by atoms with Gasteiger partial charge in [-0.2, -0.15) is 10.2 Å². The highest BCUT2D eigenvalue weighted by Gasteiger charge is 2.21. The van der Waals surface area contributed by atoms with E-state index in [1.54, 1.807) is 23.3 Å². The van der Waals surface area contributed by atoms with Crippen molar-refractivity contribution in [1.82, 2.24) is 25.0 Å². The van der Waals surface area contributed by atoms with E-state index in [2.05, 4.69) is 20.2 Å². The Kier molecular flexibility index (Phi) is 5.50. The van der Waals surface area contributed by atoms with Gasteiger partial charge in [0.25, 0.3) is 0 Å². The monoisotopic (exact) mass is 355 g/mol. The lowest BCUT2D eigenvalue weighted by Crippen LogP contribution is -2.34. The van der Waals surface area contributed by atoms with Crippen molar-refractivity contribution in [3.8, 4) is 11.1 Å². The molecule has 2 aromatic rings. The maximum atomic E-state index is 10.7. The molecular formula is C18H25N7O. The third-order valence-electron chi connectivity index (χ3n) is 4.84. The molecule has 0 amide bonds. The maximum Gasteiger partial charge on any atom is 0.135 e. The van der Waals surface area contributed by atoms with Gasteiger partial charge in [-0.25, -0.2) is 4.98 Å². The summed E-state index contributed by atoms with van der Waals surface area (Å²) < 4.78 is 1.74. The van der Waals surface area contributed by atoms with Crippen molar-refractivity contribution in [2.75, 3.05) is 23.7 Å².